The van der Waals surface area contributed by atoms with Crippen LogP contribution < -0.4 is 10.9 Å². The Morgan fingerprint density at radius 2 is 2.00 bits per heavy atom. The van der Waals surface area contributed by atoms with Crippen LogP contribution in [-0.2, 0) is 11.3 Å². The molecule has 0 saturated heterocycles. The largest absolute Gasteiger partial charge is 0.481 e. The maximum absolute atomic E-state index is 13.6. The molecule has 3 N–H and O–H groups in total. The number of carboxylic acids is 1. The number of carboxylic acid groups (broad SMARTS) is 1. The van der Waals surface area contributed by atoms with Gasteiger partial charge in [0, 0.05) is 41.3 Å². The van der Waals surface area contributed by atoms with E-state index < -0.39 is 35.1 Å². The molecule has 198 valence electrons. The Balaban J connectivity index is 1.40. The highest BCUT2D eigenvalue weighted by atomic mass is 32.1. The maximum atomic E-state index is 13.6. The highest BCUT2D eigenvalue weighted by Crippen LogP contribution is 2.31. The molecule has 0 spiro atoms. The molecule has 9 nitrogen and oxygen atoms in total. The van der Waals surface area contributed by atoms with Gasteiger partial charge in [-0.15, -0.1) is 11.3 Å². The zero-order chi connectivity index (χ0) is 27.5. The van der Waals surface area contributed by atoms with E-state index in [2.05, 4.69) is 20.3 Å². The van der Waals surface area contributed by atoms with Crippen LogP contribution in [0.25, 0.3) is 22.3 Å². The van der Waals surface area contributed by atoms with E-state index in [-0.39, 0.29) is 24.9 Å². The third-order valence-electron chi connectivity index (χ3n) is 6.10. The number of carbonyl (C=O) groups excluding carboxylic acids is 1. The first kappa shape index (κ1) is 25.9. The molecule has 1 amide bonds. The number of nitrogens with one attached hydrogen (secondary N) is 2. The summed E-state index contributed by atoms with van der Waals surface area (Å²) in [5, 5.41) is 15.2. The number of pyridine rings is 2. The lowest BCUT2D eigenvalue weighted by molar-refractivity contribution is -0.137. The number of aromatic nitrogens is 4. The molecule has 0 aliphatic heterocycles. The van der Waals surface area contributed by atoms with Crippen molar-refractivity contribution < 1.29 is 23.5 Å². The third kappa shape index (κ3) is 5.60. The zero-order valence-electron chi connectivity index (χ0n) is 20.2. The molecule has 0 unspecified atom stereocenters. The average molecular weight is 550 g/mol. The molecule has 0 aliphatic carbocycles. The number of aromatic amines is 1. The molecule has 0 aliphatic rings. The number of amides is 1. The van der Waals surface area contributed by atoms with Crippen LogP contribution in [0.2, 0.25) is 0 Å². The lowest BCUT2D eigenvalue weighted by Crippen LogP contribution is -2.35. The number of aliphatic carboxylic acids is 1. The van der Waals surface area contributed by atoms with E-state index in [1.54, 1.807) is 12.4 Å². The van der Waals surface area contributed by atoms with Gasteiger partial charge in [-0.05, 0) is 48.4 Å². The Hall–Kier alpha value is -4.71. The number of benzene rings is 1. The van der Waals surface area contributed by atoms with Gasteiger partial charge in [-0.25, -0.2) is 18.7 Å². The normalized spacial score (nSPS) is 11.9. The van der Waals surface area contributed by atoms with Crippen molar-refractivity contribution in [2.24, 2.45) is 0 Å². The third-order valence-corrected chi connectivity index (χ3v) is 7.06. The Bertz CT molecular complexity index is 1750. The smallest absolute Gasteiger partial charge is 0.303 e. The van der Waals surface area contributed by atoms with Crippen LogP contribution in [0.15, 0.2) is 71.2 Å². The number of hydrogen-bond donors (Lipinski definition) is 3. The van der Waals surface area contributed by atoms with Crippen LogP contribution in [0, 0.1) is 11.6 Å². The van der Waals surface area contributed by atoms with Gasteiger partial charge in [0.25, 0.3) is 11.5 Å². The topological polar surface area (TPSA) is 130 Å². The Labute approximate surface area is 223 Å². The number of H-pyrrole nitrogens is 1. The molecule has 1 aromatic carbocycles. The first-order chi connectivity index (χ1) is 18.8. The molecule has 0 radical (unpaired) electrons. The van der Waals surface area contributed by atoms with Gasteiger partial charge in [-0.1, -0.05) is 6.07 Å². The molecule has 4 heterocycles. The summed E-state index contributed by atoms with van der Waals surface area (Å²) < 4.78 is 28.1. The van der Waals surface area contributed by atoms with E-state index in [1.165, 1.54) is 40.3 Å². The van der Waals surface area contributed by atoms with Crippen LogP contribution in [-0.4, -0.2) is 36.5 Å². The first-order valence-electron chi connectivity index (χ1n) is 11.8. The van der Waals surface area contributed by atoms with Crippen molar-refractivity contribution in [3.05, 3.63) is 105 Å². The lowest BCUT2D eigenvalue weighted by atomic mass is 10.1. The van der Waals surface area contributed by atoms with Crippen LogP contribution in [0.3, 0.4) is 0 Å². The van der Waals surface area contributed by atoms with E-state index in [0.29, 0.717) is 21.9 Å². The molecule has 0 bridgehead atoms. The summed E-state index contributed by atoms with van der Waals surface area (Å²) in [6, 6.07) is 9.09. The molecular weight excluding hydrogens is 528 g/mol. The first-order valence-corrected chi connectivity index (χ1v) is 12.7. The van der Waals surface area contributed by atoms with Crippen LogP contribution in [0.5, 0.6) is 0 Å². The maximum Gasteiger partial charge on any atom is 0.303 e. The van der Waals surface area contributed by atoms with E-state index >= 15 is 0 Å². The second-order valence-corrected chi connectivity index (χ2v) is 9.62. The number of halogens is 2. The summed E-state index contributed by atoms with van der Waals surface area (Å²) in [5.41, 5.74) is 1.67. The second kappa shape index (κ2) is 11.0. The van der Waals surface area contributed by atoms with Gasteiger partial charge in [0.2, 0.25) is 0 Å². The molecular formula is C27H21F2N5O4S. The summed E-state index contributed by atoms with van der Waals surface area (Å²) in [6.07, 6.45) is 4.71. The van der Waals surface area contributed by atoms with E-state index in [0.717, 1.165) is 23.1 Å². The molecule has 0 fully saturated rings. The summed E-state index contributed by atoms with van der Waals surface area (Å²) in [4.78, 5) is 49.6. The van der Waals surface area contributed by atoms with Gasteiger partial charge in [0.05, 0.1) is 18.3 Å². The van der Waals surface area contributed by atoms with Gasteiger partial charge in [-0.3, -0.25) is 14.4 Å². The summed E-state index contributed by atoms with van der Waals surface area (Å²) in [7, 11) is 0. The number of rotatable bonds is 9. The highest BCUT2D eigenvalue weighted by molar-refractivity contribution is 7.10. The lowest BCUT2D eigenvalue weighted by Gasteiger charge is -2.16. The van der Waals surface area contributed by atoms with Gasteiger partial charge < -0.3 is 20.0 Å². The van der Waals surface area contributed by atoms with Crippen molar-refractivity contribution in [2.45, 2.75) is 25.4 Å². The van der Waals surface area contributed by atoms with Crippen molar-refractivity contribution >= 4 is 34.2 Å². The van der Waals surface area contributed by atoms with E-state index in [1.807, 2.05) is 17.5 Å². The average Bonchev–Trinajstić information content (AvgIpc) is 3.57. The van der Waals surface area contributed by atoms with E-state index in [9.17, 15) is 28.3 Å². The number of fused-ring (bicyclic) bond motifs is 1. The zero-order valence-corrected chi connectivity index (χ0v) is 21.0. The highest BCUT2D eigenvalue weighted by Gasteiger charge is 2.23. The fraction of sp³-hybridized carbons (Fsp3) is 0.148. The minimum absolute atomic E-state index is 0.0549. The number of hydrogen-bond acceptors (Lipinski definition) is 6. The molecule has 4 aromatic heterocycles. The van der Waals surface area contributed by atoms with Crippen LogP contribution in [0.1, 0.15) is 39.8 Å². The Kier molecular flexibility index (Phi) is 7.28. The quantitative estimate of drug-likeness (QED) is 0.248. The van der Waals surface area contributed by atoms with Gasteiger partial charge in [-0.2, -0.15) is 0 Å². The van der Waals surface area contributed by atoms with Crippen molar-refractivity contribution in [1.29, 1.82) is 0 Å². The van der Waals surface area contributed by atoms with E-state index in [4.69, 9.17) is 0 Å². The van der Waals surface area contributed by atoms with Crippen molar-refractivity contribution in [2.75, 3.05) is 0 Å². The van der Waals surface area contributed by atoms with Gasteiger partial charge in [0.15, 0.2) is 11.6 Å². The fourth-order valence-corrected chi connectivity index (χ4v) is 5.07. The van der Waals surface area contributed by atoms with Gasteiger partial charge in [0.1, 0.15) is 16.2 Å². The van der Waals surface area contributed by atoms with Crippen LogP contribution >= 0.6 is 11.3 Å². The Morgan fingerprint density at radius 3 is 2.79 bits per heavy atom. The number of nitrogens with zero attached hydrogens (tertiary/aromatic N) is 3. The number of carbonyl (C=O) groups is 2. The van der Waals surface area contributed by atoms with Crippen LogP contribution in [0.4, 0.5) is 8.78 Å². The minimum Gasteiger partial charge on any atom is -0.481 e. The van der Waals surface area contributed by atoms with Crippen molar-refractivity contribution in [3.8, 4) is 11.3 Å². The molecule has 5 aromatic rings. The summed E-state index contributed by atoms with van der Waals surface area (Å²) in [5.74, 6) is -3.79. The predicted molar refractivity (Wildman–Crippen MR) is 140 cm³/mol. The Morgan fingerprint density at radius 1 is 1.15 bits per heavy atom. The SMILES string of the molecule is O=C(O)CC[C@@H](NC(=O)c1cccn(Cc2ccc(F)c(F)c2)c1=O)c1nc(-c2c[nH]c3ncccc23)cs1. The minimum atomic E-state index is -1.04. The monoisotopic (exact) mass is 549 g/mol. The molecule has 0 saturated carbocycles. The summed E-state index contributed by atoms with van der Waals surface area (Å²) in [6.45, 7) is -0.0745. The number of thiazole rings is 1. The molecule has 39 heavy (non-hydrogen) atoms. The fourth-order valence-electron chi connectivity index (χ4n) is 4.17. The van der Waals surface area contributed by atoms with Crippen molar-refractivity contribution in [1.82, 2.24) is 24.8 Å². The molecule has 5 rings (SSSR count). The second-order valence-electron chi connectivity index (χ2n) is 8.73. The van der Waals surface area contributed by atoms with Gasteiger partial charge >= 0.3 is 5.97 Å². The molecule has 12 heteroatoms. The summed E-state index contributed by atoms with van der Waals surface area (Å²) >= 11 is 1.26. The van der Waals surface area contributed by atoms with Crippen molar-refractivity contribution in [3.63, 3.8) is 0 Å². The predicted octanol–water partition coefficient (Wildman–Crippen LogP) is 4.51. The molecule has 1 atom stereocenters. The standard InChI is InChI=1S/C27H21F2N5O4S/c28-19-6-5-15(11-20(19)29)13-34-10-2-4-17(27(34)38)25(37)32-21(7-8-23(35)36)26-33-22(14-39-26)18-12-31-24-16(18)3-1-9-30-24/h1-6,9-12,14,21H,7-8,13H2,(H,30,31)(H,32,37)(H,35,36)/t21-/m1/s1.